The molecule has 0 saturated heterocycles. The minimum absolute atomic E-state index is 0.387. The van der Waals surface area contributed by atoms with Crippen LogP contribution in [-0.4, -0.2) is 12.6 Å². The maximum Gasteiger partial charge on any atom is 0.161 e. The lowest BCUT2D eigenvalue weighted by molar-refractivity contribution is 0.187. The molecule has 0 heterocycles. The average Bonchev–Trinajstić information content (AvgIpc) is 2.31. The molecule has 0 aromatic heterocycles. The molecule has 0 aliphatic heterocycles. The van der Waals surface area contributed by atoms with Crippen LogP contribution in [0, 0.1) is 36.3 Å². The molecule has 1 nitrogen and oxygen atoms in total. The van der Waals surface area contributed by atoms with E-state index in [0.717, 1.165) is 31.0 Å². The van der Waals surface area contributed by atoms with Gasteiger partial charge in [0.15, 0.2) is 11.6 Å². The molecule has 1 saturated carbocycles. The quantitative estimate of drug-likeness (QED) is 0.724. The molecule has 0 unspecified atom stereocenters. The summed E-state index contributed by atoms with van der Waals surface area (Å²) in [6.07, 6.45) is 2.31. The van der Waals surface area contributed by atoms with Crippen molar-refractivity contribution in [1.82, 2.24) is 0 Å². The number of hydrogen-bond acceptors (Lipinski definition) is 1. The van der Waals surface area contributed by atoms with Gasteiger partial charge in [-0.15, -0.1) is 0 Å². The Morgan fingerprint density at radius 2 is 1.76 bits per heavy atom. The van der Waals surface area contributed by atoms with Crippen molar-refractivity contribution < 1.29 is 8.78 Å². The lowest BCUT2D eigenvalue weighted by Crippen LogP contribution is -2.47. The molecular formula is C18H27F2N. The van der Waals surface area contributed by atoms with Crippen molar-refractivity contribution in [1.29, 1.82) is 0 Å². The molecule has 0 radical (unpaired) electrons. The molecule has 2 rings (SSSR count). The van der Waals surface area contributed by atoms with E-state index in [0.29, 0.717) is 23.4 Å². The summed E-state index contributed by atoms with van der Waals surface area (Å²) in [7, 11) is 0. The van der Waals surface area contributed by atoms with E-state index in [9.17, 15) is 8.78 Å². The van der Waals surface area contributed by atoms with Crippen molar-refractivity contribution in [2.45, 2.75) is 53.5 Å². The van der Waals surface area contributed by atoms with E-state index in [4.69, 9.17) is 0 Å². The number of rotatable bonds is 5. The average molecular weight is 295 g/mol. The van der Waals surface area contributed by atoms with Gasteiger partial charge in [0.25, 0.3) is 0 Å². The fourth-order valence-electron chi connectivity index (χ4n) is 3.16. The molecule has 0 bridgehead atoms. The van der Waals surface area contributed by atoms with Crippen LogP contribution in [-0.2, 0) is 0 Å². The molecule has 1 aromatic rings. The zero-order valence-electron chi connectivity index (χ0n) is 13.8. The first-order chi connectivity index (χ1) is 9.79. The third-order valence-corrected chi connectivity index (χ3v) is 4.62. The Labute approximate surface area is 127 Å². The van der Waals surface area contributed by atoms with Crippen molar-refractivity contribution in [3.05, 3.63) is 29.3 Å². The standard InChI is InChI=1S/C18H27F2N/c1-11(2)10-21(16-7-14(8-16)12(3)4)15-6-13(5)18(20)17(19)9-15/h6,9,11-12,14,16H,7-8,10H2,1-5H3. The Hall–Kier alpha value is -1.12. The number of nitrogens with zero attached hydrogens (tertiary/aromatic N) is 1. The van der Waals surface area contributed by atoms with Gasteiger partial charge < -0.3 is 4.90 Å². The second kappa shape index (κ2) is 6.33. The van der Waals surface area contributed by atoms with Crippen molar-refractivity contribution >= 4 is 5.69 Å². The Bertz CT molecular complexity index is 467. The van der Waals surface area contributed by atoms with Gasteiger partial charge in [-0.1, -0.05) is 27.7 Å². The number of hydrogen-bond donors (Lipinski definition) is 0. The maximum atomic E-state index is 13.7. The highest BCUT2D eigenvalue weighted by molar-refractivity contribution is 5.51. The molecule has 21 heavy (non-hydrogen) atoms. The predicted molar refractivity (Wildman–Crippen MR) is 84.6 cm³/mol. The minimum Gasteiger partial charge on any atom is -0.368 e. The third kappa shape index (κ3) is 3.56. The fourth-order valence-corrected chi connectivity index (χ4v) is 3.16. The highest BCUT2D eigenvalue weighted by atomic mass is 19.2. The first kappa shape index (κ1) is 16.3. The highest BCUT2D eigenvalue weighted by Crippen LogP contribution is 2.39. The van der Waals surface area contributed by atoms with Gasteiger partial charge in [-0.3, -0.25) is 0 Å². The first-order valence-corrected chi connectivity index (χ1v) is 8.01. The van der Waals surface area contributed by atoms with Crippen molar-refractivity contribution in [2.75, 3.05) is 11.4 Å². The predicted octanol–water partition coefficient (Wildman–Crippen LogP) is 5.17. The largest absolute Gasteiger partial charge is 0.368 e. The summed E-state index contributed by atoms with van der Waals surface area (Å²) in [5, 5.41) is 0. The first-order valence-electron chi connectivity index (χ1n) is 8.01. The summed E-state index contributed by atoms with van der Waals surface area (Å²) in [4.78, 5) is 2.28. The second-order valence-electron chi connectivity index (χ2n) is 7.23. The molecule has 1 fully saturated rings. The molecule has 3 heteroatoms. The summed E-state index contributed by atoms with van der Waals surface area (Å²) in [6.45, 7) is 11.4. The van der Waals surface area contributed by atoms with Gasteiger partial charge in [-0.25, -0.2) is 8.78 Å². The van der Waals surface area contributed by atoms with E-state index in [2.05, 4.69) is 32.6 Å². The summed E-state index contributed by atoms with van der Waals surface area (Å²) in [5.74, 6) is 0.497. The molecule has 118 valence electrons. The van der Waals surface area contributed by atoms with E-state index in [1.807, 2.05) is 0 Å². The number of aryl methyl sites for hydroxylation is 1. The third-order valence-electron chi connectivity index (χ3n) is 4.62. The van der Waals surface area contributed by atoms with Crippen LogP contribution in [0.1, 0.15) is 46.1 Å². The van der Waals surface area contributed by atoms with E-state index in [1.165, 1.54) is 6.07 Å². The Balaban J connectivity index is 2.21. The Morgan fingerprint density at radius 1 is 1.14 bits per heavy atom. The van der Waals surface area contributed by atoms with Crippen LogP contribution < -0.4 is 4.90 Å². The zero-order valence-corrected chi connectivity index (χ0v) is 13.8. The SMILES string of the molecule is Cc1cc(N(CC(C)C)C2CC(C(C)C)C2)cc(F)c1F. The van der Waals surface area contributed by atoms with Crippen LogP contribution in [0.15, 0.2) is 12.1 Å². The topological polar surface area (TPSA) is 3.24 Å². The summed E-state index contributed by atoms with van der Waals surface area (Å²) < 4.78 is 27.2. The van der Waals surface area contributed by atoms with Gasteiger partial charge in [0.2, 0.25) is 0 Å². The summed E-state index contributed by atoms with van der Waals surface area (Å²) >= 11 is 0. The molecular weight excluding hydrogens is 268 g/mol. The highest BCUT2D eigenvalue weighted by Gasteiger charge is 2.35. The molecule has 0 atom stereocenters. The lowest BCUT2D eigenvalue weighted by Gasteiger charge is -2.46. The Morgan fingerprint density at radius 3 is 2.24 bits per heavy atom. The van der Waals surface area contributed by atoms with Crippen LogP contribution in [0.3, 0.4) is 0 Å². The lowest BCUT2D eigenvalue weighted by atomic mass is 9.72. The molecule has 1 aromatic carbocycles. The van der Waals surface area contributed by atoms with Crippen molar-refractivity contribution in [3.63, 3.8) is 0 Å². The fraction of sp³-hybridized carbons (Fsp3) is 0.667. The zero-order chi connectivity index (χ0) is 15.7. The van der Waals surface area contributed by atoms with E-state index >= 15 is 0 Å². The van der Waals surface area contributed by atoms with Gasteiger partial charge in [0, 0.05) is 24.3 Å². The van der Waals surface area contributed by atoms with Gasteiger partial charge in [-0.05, 0) is 49.1 Å². The number of benzene rings is 1. The van der Waals surface area contributed by atoms with Gasteiger partial charge >= 0.3 is 0 Å². The van der Waals surface area contributed by atoms with Gasteiger partial charge in [0.1, 0.15) is 0 Å². The van der Waals surface area contributed by atoms with E-state index < -0.39 is 11.6 Å². The molecule has 0 amide bonds. The molecule has 1 aliphatic rings. The number of halogens is 2. The summed E-state index contributed by atoms with van der Waals surface area (Å²) in [6, 6.07) is 3.60. The van der Waals surface area contributed by atoms with Crippen LogP contribution >= 0.6 is 0 Å². The van der Waals surface area contributed by atoms with Crippen molar-refractivity contribution in [2.24, 2.45) is 17.8 Å². The van der Waals surface area contributed by atoms with Gasteiger partial charge in [-0.2, -0.15) is 0 Å². The summed E-state index contributed by atoms with van der Waals surface area (Å²) in [5.41, 5.74) is 1.21. The molecule has 1 aliphatic carbocycles. The van der Waals surface area contributed by atoms with Crippen LogP contribution in [0.2, 0.25) is 0 Å². The van der Waals surface area contributed by atoms with Gasteiger partial charge in [0.05, 0.1) is 0 Å². The monoisotopic (exact) mass is 295 g/mol. The van der Waals surface area contributed by atoms with Crippen molar-refractivity contribution in [3.8, 4) is 0 Å². The van der Waals surface area contributed by atoms with Crippen LogP contribution in [0.4, 0.5) is 14.5 Å². The normalized spacial score (nSPS) is 21.8. The molecule has 0 spiro atoms. The van der Waals surface area contributed by atoms with Crippen LogP contribution in [0.5, 0.6) is 0 Å². The van der Waals surface area contributed by atoms with E-state index in [1.54, 1.807) is 13.0 Å². The minimum atomic E-state index is -0.738. The smallest absolute Gasteiger partial charge is 0.161 e. The maximum absolute atomic E-state index is 13.7. The van der Waals surface area contributed by atoms with E-state index in [-0.39, 0.29) is 0 Å². The van der Waals surface area contributed by atoms with Crippen LogP contribution in [0.25, 0.3) is 0 Å². The molecule has 0 N–H and O–H groups in total. The second-order valence-corrected chi connectivity index (χ2v) is 7.23. The Kier molecular flexibility index (Phi) is 4.90. The number of anilines is 1.